The van der Waals surface area contributed by atoms with E-state index in [1.165, 1.54) is 0 Å². The summed E-state index contributed by atoms with van der Waals surface area (Å²) in [6.07, 6.45) is 0.611. The Labute approximate surface area is 106 Å². The predicted molar refractivity (Wildman–Crippen MR) is 69.0 cm³/mol. The molecule has 0 aliphatic carbocycles. The minimum Gasteiger partial charge on any atom is -0.465 e. The summed E-state index contributed by atoms with van der Waals surface area (Å²) in [5, 5.41) is 0. The van der Waals surface area contributed by atoms with Crippen LogP contribution in [0.25, 0.3) is 5.57 Å². The first-order valence-electron chi connectivity index (χ1n) is 6.00. The fraction of sp³-hybridized carbons (Fsp3) is 0.357. The second kappa shape index (κ2) is 5.52. The van der Waals surface area contributed by atoms with Crippen molar-refractivity contribution in [3.05, 3.63) is 29.8 Å². The van der Waals surface area contributed by atoms with E-state index in [9.17, 15) is 9.59 Å². The van der Waals surface area contributed by atoms with Gasteiger partial charge in [-0.05, 0) is 13.0 Å². The molecule has 2 rings (SSSR count). The molecule has 0 amide bonds. The van der Waals surface area contributed by atoms with Crippen LogP contribution in [-0.4, -0.2) is 31.6 Å². The van der Waals surface area contributed by atoms with Crippen LogP contribution in [0.4, 0.5) is 5.69 Å². The number of para-hydroxylation sites is 1. The Balaban J connectivity index is 2.25. The molecule has 4 nitrogen and oxygen atoms in total. The number of carbonyl (C=O) groups excluding carboxylic acids is 2. The van der Waals surface area contributed by atoms with E-state index in [1.807, 2.05) is 35.1 Å². The number of benzene rings is 1. The van der Waals surface area contributed by atoms with Gasteiger partial charge in [0.2, 0.25) is 0 Å². The molecule has 18 heavy (non-hydrogen) atoms. The lowest BCUT2D eigenvalue weighted by Gasteiger charge is -2.30. The van der Waals surface area contributed by atoms with E-state index in [0.29, 0.717) is 25.1 Å². The maximum atomic E-state index is 11.5. The summed E-state index contributed by atoms with van der Waals surface area (Å²) >= 11 is 0. The molecule has 1 aliphatic heterocycles. The summed E-state index contributed by atoms with van der Waals surface area (Å²) in [6.45, 7) is 3.03. The molecule has 1 aromatic carbocycles. The third-order valence-corrected chi connectivity index (χ3v) is 2.95. The van der Waals surface area contributed by atoms with Gasteiger partial charge in [0.15, 0.2) is 0 Å². The van der Waals surface area contributed by atoms with Crippen molar-refractivity contribution in [1.29, 1.82) is 0 Å². The Morgan fingerprint density at radius 3 is 2.94 bits per heavy atom. The summed E-state index contributed by atoms with van der Waals surface area (Å²) in [5.41, 5.74) is 2.43. The van der Waals surface area contributed by atoms with Crippen LogP contribution in [0.15, 0.2) is 24.3 Å². The number of ether oxygens (including phenoxy) is 1. The van der Waals surface area contributed by atoms with Crippen molar-refractivity contribution in [2.75, 3.05) is 24.6 Å². The Morgan fingerprint density at radius 2 is 2.22 bits per heavy atom. The average Bonchev–Trinajstić information content (AvgIpc) is 2.39. The van der Waals surface area contributed by atoms with E-state index >= 15 is 0 Å². The summed E-state index contributed by atoms with van der Waals surface area (Å²) in [7, 11) is 0. The normalized spacial score (nSPS) is 13.8. The summed E-state index contributed by atoms with van der Waals surface area (Å²) < 4.78 is 4.95. The van der Waals surface area contributed by atoms with Crippen LogP contribution in [0.5, 0.6) is 0 Å². The molecular formula is C14H15NO3. The fourth-order valence-electron chi connectivity index (χ4n) is 2.14. The quantitative estimate of drug-likeness (QED) is 0.600. The third kappa shape index (κ3) is 2.44. The Morgan fingerprint density at radius 1 is 1.44 bits per heavy atom. The first-order chi connectivity index (χ1) is 8.76. The molecule has 94 valence electrons. The first-order valence-corrected chi connectivity index (χ1v) is 6.00. The zero-order valence-electron chi connectivity index (χ0n) is 10.3. The molecule has 0 spiro atoms. The Bertz CT molecular complexity index is 504. The third-order valence-electron chi connectivity index (χ3n) is 2.95. The highest BCUT2D eigenvalue weighted by atomic mass is 16.5. The number of rotatable bonds is 3. The van der Waals surface area contributed by atoms with Crippen LogP contribution < -0.4 is 4.90 Å². The lowest BCUT2D eigenvalue weighted by atomic mass is 9.97. The van der Waals surface area contributed by atoms with Gasteiger partial charge in [0, 0.05) is 29.8 Å². The smallest absolute Gasteiger partial charge is 0.325 e. The van der Waals surface area contributed by atoms with E-state index in [0.717, 1.165) is 11.3 Å². The second-order valence-corrected chi connectivity index (χ2v) is 4.07. The lowest BCUT2D eigenvalue weighted by Crippen LogP contribution is -2.34. The summed E-state index contributed by atoms with van der Waals surface area (Å²) in [6, 6.07) is 7.56. The van der Waals surface area contributed by atoms with Crippen LogP contribution in [-0.2, 0) is 14.3 Å². The zero-order valence-corrected chi connectivity index (χ0v) is 10.3. The number of esters is 1. The Kier molecular flexibility index (Phi) is 3.80. The Hall–Kier alpha value is -2.06. The molecule has 1 heterocycles. The molecular weight excluding hydrogens is 230 g/mol. The highest BCUT2D eigenvalue weighted by molar-refractivity contribution is 5.94. The molecule has 0 fully saturated rings. The molecule has 0 saturated carbocycles. The van der Waals surface area contributed by atoms with Crippen molar-refractivity contribution >= 4 is 23.2 Å². The van der Waals surface area contributed by atoms with E-state index in [2.05, 4.69) is 0 Å². The van der Waals surface area contributed by atoms with Gasteiger partial charge in [0.1, 0.15) is 12.5 Å². The predicted octanol–water partition coefficient (Wildman–Crippen LogP) is 1.67. The standard InChI is InChI=1S/C14H15NO3/c1-2-18-14(17)9-15-8-7-11(10-16)12-5-3-4-6-13(12)15/h3-6H,2,7-9H2,1H3. The number of nitrogens with zero attached hydrogens (tertiary/aromatic N) is 1. The van der Waals surface area contributed by atoms with E-state index in [4.69, 9.17) is 4.74 Å². The highest BCUT2D eigenvalue weighted by Crippen LogP contribution is 2.32. The van der Waals surface area contributed by atoms with Gasteiger partial charge in [-0.15, -0.1) is 0 Å². The molecule has 4 heteroatoms. The SMILES string of the molecule is CCOC(=O)CN1CCC(=C=O)c2ccccc21. The van der Waals surface area contributed by atoms with Gasteiger partial charge in [-0.3, -0.25) is 4.79 Å². The molecule has 1 aliphatic rings. The maximum absolute atomic E-state index is 11.5. The van der Waals surface area contributed by atoms with Gasteiger partial charge in [-0.2, -0.15) is 0 Å². The number of fused-ring (bicyclic) bond motifs is 1. The monoisotopic (exact) mass is 245 g/mol. The molecule has 0 radical (unpaired) electrons. The van der Waals surface area contributed by atoms with Gasteiger partial charge >= 0.3 is 5.97 Å². The molecule has 0 atom stereocenters. The van der Waals surface area contributed by atoms with Gasteiger partial charge < -0.3 is 9.64 Å². The van der Waals surface area contributed by atoms with Crippen molar-refractivity contribution in [3.8, 4) is 0 Å². The lowest BCUT2D eigenvalue weighted by molar-refractivity contribution is -0.141. The van der Waals surface area contributed by atoms with Crippen LogP contribution in [0.2, 0.25) is 0 Å². The van der Waals surface area contributed by atoms with E-state index in [-0.39, 0.29) is 12.5 Å². The second-order valence-electron chi connectivity index (χ2n) is 4.07. The van der Waals surface area contributed by atoms with Crippen molar-refractivity contribution in [1.82, 2.24) is 0 Å². The van der Waals surface area contributed by atoms with Crippen molar-refractivity contribution in [2.45, 2.75) is 13.3 Å². The average molecular weight is 245 g/mol. The fourth-order valence-corrected chi connectivity index (χ4v) is 2.14. The largest absolute Gasteiger partial charge is 0.465 e. The van der Waals surface area contributed by atoms with E-state index < -0.39 is 0 Å². The molecule has 0 bridgehead atoms. The number of hydrogen-bond acceptors (Lipinski definition) is 4. The molecule has 0 N–H and O–H groups in total. The van der Waals surface area contributed by atoms with Crippen LogP contribution in [0, 0.1) is 0 Å². The first kappa shape index (κ1) is 12.4. The number of hydrogen-bond donors (Lipinski definition) is 0. The topological polar surface area (TPSA) is 46.6 Å². The van der Waals surface area contributed by atoms with Crippen molar-refractivity contribution < 1.29 is 14.3 Å². The molecule has 0 saturated heterocycles. The number of carbonyl (C=O) groups is 1. The number of anilines is 1. The minimum atomic E-state index is -0.245. The van der Waals surface area contributed by atoms with Crippen LogP contribution >= 0.6 is 0 Å². The summed E-state index contributed by atoms with van der Waals surface area (Å²) in [4.78, 5) is 24.3. The highest BCUT2D eigenvalue weighted by Gasteiger charge is 2.22. The summed E-state index contributed by atoms with van der Waals surface area (Å²) in [5.74, 6) is 1.74. The zero-order chi connectivity index (χ0) is 13.0. The van der Waals surface area contributed by atoms with Gasteiger partial charge in [-0.25, -0.2) is 4.79 Å². The molecule has 0 unspecified atom stereocenters. The van der Waals surface area contributed by atoms with Crippen molar-refractivity contribution in [3.63, 3.8) is 0 Å². The molecule has 0 aromatic heterocycles. The van der Waals surface area contributed by atoms with Gasteiger partial charge in [0.25, 0.3) is 0 Å². The van der Waals surface area contributed by atoms with Crippen LogP contribution in [0.1, 0.15) is 18.9 Å². The minimum absolute atomic E-state index is 0.219. The van der Waals surface area contributed by atoms with Crippen molar-refractivity contribution in [2.24, 2.45) is 0 Å². The maximum Gasteiger partial charge on any atom is 0.325 e. The molecule has 1 aromatic rings. The van der Waals surface area contributed by atoms with Gasteiger partial charge in [-0.1, -0.05) is 18.2 Å². The van der Waals surface area contributed by atoms with Gasteiger partial charge in [0.05, 0.1) is 6.61 Å². The van der Waals surface area contributed by atoms with Crippen LogP contribution in [0.3, 0.4) is 0 Å². The van der Waals surface area contributed by atoms with E-state index in [1.54, 1.807) is 6.92 Å².